The van der Waals surface area contributed by atoms with E-state index in [0.29, 0.717) is 12.2 Å². The summed E-state index contributed by atoms with van der Waals surface area (Å²) in [5.74, 6) is 0.206. The molecule has 0 aromatic heterocycles. The summed E-state index contributed by atoms with van der Waals surface area (Å²) < 4.78 is 10.6. The van der Waals surface area contributed by atoms with E-state index in [4.69, 9.17) is 14.3 Å². The van der Waals surface area contributed by atoms with Crippen molar-refractivity contribution in [2.75, 3.05) is 14.2 Å². The molecule has 0 unspecified atom stereocenters. The van der Waals surface area contributed by atoms with Crippen LogP contribution in [0.1, 0.15) is 16.7 Å². The van der Waals surface area contributed by atoms with Gasteiger partial charge in [0.1, 0.15) is 19.5 Å². The number of nitrogens with zero attached hydrogens (tertiary/aromatic N) is 1. The maximum atomic E-state index is 11.9. The molecule has 0 radical (unpaired) electrons. The molecule has 0 atom stereocenters. The third kappa shape index (κ3) is 4.32. The third-order valence-corrected chi connectivity index (χ3v) is 3.22. The highest BCUT2D eigenvalue weighted by molar-refractivity contribution is 6.43. The zero-order valence-electron chi connectivity index (χ0n) is 13.4. The van der Waals surface area contributed by atoms with Gasteiger partial charge in [0.2, 0.25) is 0 Å². The molecule has 5 heteroatoms. The molecule has 23 heavy (non-hydrogen) atoms. The van der Waals surface area contributed by atoms with Gasteiger partial charge >= 0.3 is 5.97 Å². The molecule has 120 valence electrons. The van der Waals surface area contributed by atoms with E-state index < -0.39 is 5.97 Å². The number of esters is 1. The minimum Gasteiger partial charge on any atom is -0.489 e. The molecule has 5 nitrogen and oxygen atoms in total. The molecule has 0 aliphatic heterocycles. The highest BCUT2D eigenvalue weighted by atomic mass is 16.6. The molecule has 2 aromatic carbocycles. The molecule has 0 aliphatic rings. The zero-order chi connectivity index (χ0) is 16.7. The van der Waals surface area contributed by atoms with Crippen molar-refractivity contribution in [1.29, 1.82) is 0 Å². The maximum absolute atomic E-state index is 11.9. The second-order valence-corrected chi connectivity index (χ2v) is 4.88. The van der Waals surface area contributed by atoms with Crippen molar-refractivity contribution in [2.45, 2.75) is 13.5 Å². The number of carbonyl (C=O) groups excluding carboxylic acids is 1. The van der Waals surface area contributed by atoms with Gasteiger partial charge in [-0.1, -0.05) is 41.6 Å². The summed E-state index contributed by atoms with van der Waals surface area (Å²) >= 11 is 0. The molecule has 2 rings (SSSR count). The van der Waals surface area contributed by atoms with Crippen LogP contribution in [0.5, 0.6) is 5.75 Å². The highest BCUT2D eigenvalue weighted by Crippen LogP contribution is 2.17. The minimum atomic E-state index is -0.560. The molecule has 0 fully saturated rings. The largest absolute Gasteiger partial charge is 0.489 e. The minimum absolute atomic E-state index is 0.110. The van der Waals surface area contributed by atoms with E-state index in [2.05, 4.69) is 5.16 Å². The van der Waals surface area contributed by atoms with Crippen LogP contribution in [0, 0.1) is 6.92 Å². The summed E-state index contributed by atoms with van der Waals surface area (Å²) in [4.78, 5) is 16.7. The Kier molecular flexibility index (Phi) is 5.74. The number of aryl methyl sites for hydroxylation is 1. The molecule has 0 amide bonds. The normalized spacial score (nSPS) is 11.0. The Morgan fingerprint density at radius 1 is 1.09 bits per heavy atom. The number of carbonyl (C=O) groups is 1. The van der Waals surface area contributed by atoms with Gasteiger partial charge in [0.05, 0.1) is 7.11 Å². The van der Waals surface area contributed by atoms with Crippen LogP contribution in [0.2, 0.25) is 0 Å². The topological polar surface area (TPSA) is 57.1 Å². The first kappa shape index (κ1) is 16.5. The molecule has 0 aliphatic carbocycles. The van der Waals surface area contributed by atoms with Gasteiger partial charge in [-0.15, -0.1) is 0 Å². The second kappa shape index (κ2) is 7.98. The molecule has 0 heterocycles. The average molecular weight is 313 g/mol. The Hall–Kier alpha value is -2.82. The van der Waals surface area contributed by atoms with E-state index in [1.165, 1.54) is 14.2 Å². The monoisotopic (exact) mass is 313 g/mol. The lowest BCUT2D eigenvalue weighted by atomic mass is 10.0. The molecular weight excluding hydrogens is 294 g/mol. The Balaban J connectivity index is 2.26. The molecule has 0 saturated heterocycles. The van der Waals surface area contributed by atoms with Crippen LogP contribution in [-0.2, 0) is 21.0 Å². The first-order valence-corrected chi connectivity index (χ1v) is 7.13. The fraction of sp³-hybridized carbons (Fsp3) is 0.222. The maximum Gasteiger partial charge on any atom is 0.360 e. The van der Waals surface area contributed by atoms with Gasteiger partial charge in [0.15, 0.2) is 5.71 Å². The van der Waals surface area contributed by atoms with E-state index in [-0.39, 0.29) is 5.71 Å². The van der Waals surface area contributed by atoms with Crippen molar-refractivity contribution >= 4 is 11.7 Å². The zero-order valence-corrected chi connectivity index (χ0v) is 13.4. The lowest BCUT2D eigenvalue weighted by Crippen LogP contribution is -2.19. The van der Waals surface area contributed by atoms with E-state index in [1.807, 2.05) is 49.4 Å². The summed E-state index contributed by atoms with van der Waals surface area (Å²) in [7, 11) is 2.69. The summed E-state index contributed by atoms with van der Waals surface area (Å²) in [5.41, 5.74) is 2.66. The van der Waals surface area contributed by atoms with Gasteiger partial charge < -0.3 is 14.3 Å². The molecule has 0 N–H and O–H groups in total. The Morgan fingerprint density at radius 2 is 1.87 bits per heavy atom. The van der Waals surface area contributed by atoms with Crippen LogP contribution in [0.25, 0.3) is 0 Å². The van der Waals surface area contributed by atoms with Crippen LogP contribution in [0.3, 0.4) is 0 Å². The standard InChI is InChI=1S/C18H19NO4/c1-13-7-6-9-15(11-13)23-12-14-8-4-5-10-16(14)17(19-22-3)18(20)21-2/h4-11H,12H2,1-3H3. The lowest BCUT2D eigenvalue weighted by molar-refractivity contribution is -0.132. The van der Waals surface area contributed by atoms with Crippen LogP contribution < -0.4 is 4.74 Å². The van der Waals surface area contributed by atoms with Crippen molar-refractivity contribution in [3.63, 3.8) is 0 Å². The second-order valence-electron chi connectivity index (χ2n) is 4.88. The van der Waals surface area contributed by atoms with Crippen molar-refractivity contribution in [1.82, 2.24) is 0 Å². The number of ether oxygens (including phenoxy) is 2. The Bertz CT molecular complexity index is 710. The van der Waals surface area contributed by atoms with E-state index in [0.717, 1.165) is 16.9 Å². The lowest BCUT2D eigenvalue weighted by Gasteiger charge is -2.12. The van der Waals surface area contributed by atoms with Gasteiger partial charge in [-0.05, 0) is 30.2 Å². The molecule has 2 aromatic rings. The fourth-order valence-electron chi connectivity index (χ4n) is 2.13. The highest BCUT2D eigenvalue weighted by Gasteiger charge is 2.19. The first-order valence-electron chi connectivity index (χ1n) is 7.13. The fourth-order valence-corrected chi connectivity index (χ4v) is 2.13. The number of rotatable bonds is 6. The number of methoxy groups -OCH3 is 1. The quantitative estimate of drug-likeness (QED) is 0.467. The van der Waals surface area contributed by atoms with Gasteiger partial charge in [0.25, 0.3) is 0 Å². The van der Waals surface area contributed by atoms with Gasteiger partial charge in [-0.3, -0.25) is 0 Å². The van der Waals surface area contributed by atoms with Gasteiger partial charge in [-0.2, -0.15) is 0 Å². The summed E-state index contributed by atoms with van der Waals surface area (Å²) in [6.45, 7) is 2.31. The van der Waals surface area contributed by atoms with Crippen LogP contribution in [0.15, 0.2) is 53.7 Å². The Morgan fingerprint density at radius 3 is 2.57 bits per heavy atom. The van der Waals surface area contributed by atoms with Gasteiger partial charge in [-0.25, -0.2) is 4.79 Å². The summed E-state index contributed by atoms with van der Waals surface area (Å²) in [6.07, 6.45) is 0. The third-order valence-electron chi connectivity index (χ3n) is 3.22. The molecular formula is C18H19NO4. The molecule has 0 saturated carbocycles. The van der Waals surface area contributed by atoms with E-state index in [1.54, 1.807) is 6.07 Å². The molecule has 0 bridgehead atoms. The predicted molar refractivity (Wildman–Crippen MR) is 87.5 cm³/mol. The van der Waals surface area contributed by atoms with E-state index >= 15 is 0 Å². The smallest absolute Gasteiger partial charge is 0.360 e. The van der Waals surface area contributed by atoms with Crippen molar-refractivity contribution < 1.29 is 19.1 Å². The van der Waals surface area contributed by atoms with Crippen molar-refractivity contribution in [3.05, 3.63) is 65.2 Å². The molecule has 0 spiro atoms. The number of benzene rings is 2. The van der Waals surface area contributed by atoms with Crippen molar-refractivity contribution in [3.8, 4) is 5.75 Å². The first-order chi connectivity index (χ1) is 11.2. The summed E-state index contributed by atoms with van der Waals surface area (Å²) in [6, 6.07) is 15.1. The van der Waals surface area contributed by atoms with Crippen LogP contribution >= 0.6 is 0 Å². The van der Waals surface area contributed by atoms with Crippen LogP contribution in [0.4, 0.5) is 0 Å². The summed E-state index contributed by atoms with van der Waals surface area (Å²) in [5, 5.41) is 3.78. The number of hydrogen-bond donors (Lipinski definition) is 0. The number of oxime groups is 1. The Labute approximate surface area is 135 Å². The van der Waals surface area contributed by atoms with Crippen LogP contribution in [-0.4, -0.2) is 25.9 Å². The predicted octanol–water partition coefficient (Wildman–Crippen LogP) is 3.10. The van der Waals surface area contributed by atoms with Gasteiger partial charge in [0, 0.05) is 5.56 Å². The van der Waals surface area contributed by atoms with E-state index in [9.17, 15) is 4.79 Å². The SMILES string of the molecule is CON=C(C(=O)OC)c1ccccc1COc1cccc(C)c1. The average Bonchev–Trinajstić information content (AvgIpc) is 2.58. The number of hydrogen-bond acceptors (Lipinski definition) is 5. The van der Waals surface area contributed by atoms with Crippen molar-refractivity contribution in [2.24, 2.45) is 5.16 Å².